The van der Waals surface area contributed by atoms with Crippen molar-refractivity contribution >= 4 is 33.8 Å². The van der Waals surface area contributed by atoms with Crippen LogP contribution in [0.15, 0.2) is 89.4 Å². The molecule has 0 aliphatic carbocycles. The van der Waals surface area contributed by atoms with Crippen LogP contribution in [0.1, 0.15) is 24.0 Å². The zero-order valence-corrected chi connectivity index (χ0v) is 20.7. The molecule has 0 aromatic heterocycles. The van der Waals surface area contributed by atoms with Crippen molar-refractivity contribution in [2.45, 2.75) is 38.3 Å². The van der Waals surface area contributed by atoms with E-state index in [0.29, 0.717) is 6.54 Å². The molecule has 8 heteroatoms. The third-order valence-corrected chi connectivity index (χ3v) is 6.86. The molecule has 3 fully saturated rings. The van der Waals surface area contributed by atoms with E-state index in [9.17, 15) is 9.59 Å². The van der Waals surface area contributed by atoms with Gasteiger partial charge in [-0.15, -0.1) is 0 Å². The smallest absolute Gasteiger partial charge is 0.431 e. The summed E-state index contributed by atoms with van der Waals surface area (Å²) in [6, 6.07) is 26.8. The molecule has 2 bridgehead atoms. The van der Waals surface area contributed by atoms with Gasteiger partial charge in [0.05, 0.1) is 6.04 Å². The molecule has 2 amide bonds. The number of hydrazine groups is 1. The molecule has 2 unspecified atom stereocenters. The lowest BCUT2D eigenvalue weighted by molar-refractivity contribution is -0.115. The van der Waals surface area contributed by atoms with Crippen LogP contribution in [0.5, 0.6) is 0 Å². The van der Waals surface area contributed by atoms with Crippen molar-refractivity contribution in [2.75, 3.05) is 11.4 Å². The van der Waals surface area contributed by atoms with Gasteiger partial charge >= 0.3 is 12.2 Å². The first kappa shape index (κ1) is 23.2. The monoisotopic (exact) mass is 535 g/mol. The summed E-state index contributed by atoms with van der Waals surface area (Å²) in [6.45, 7) is 0.866. The summed E-state index contributed by atoms with van der Waals surface area (Å²) in [4.78, 5) is 28.8. The second-order valence-corrected chi connectivity index (χ2v) is 9.53. The van der Waals surface area contributed by atoms with Crippen molar-refractivity contribution in [1.29, 1.82) is 0 Å². The second kappa shape index (κ2) is 10.4. The maximum Gasteiger partial charge on any atom is 0.431 e. The highest BCUT2D eigenvalue weighted by Crippen LogP contribution is 2.37. The van der Waals surface area contributed by atoms with E-state index in [1.54, 1.807) is 0 Å². The highest BCUT2D eigenvalue weighted by molar-refractivity contribution is 9.10. The molecular weight excluding hydrogens is 510 g/mol. The molecule has 7 nitrogen and oxygen atoms in total. The number of carbonyl (C=O) groups excluding carboxylic acids is 2. The molecule has 2 atom stereocenters. The number of rotatable bonds is 5. The second-order valence-electron chi connectivity index (χ2n) is 8.61. The standard InChI is InChI=1S/C27H26BrN3O4/c28-22-11-13-23(14-12-22)29-17-24-15-16-25(29)31(27(33)35-19-21-9-5-2-6-10-21)30(24)26(32)34-18-20-7-3-1-4-8-20/h1-14,24-25H,15-19H2. The van der Waals surface area contributed by atoms with Crippen LogP contribution in [0.25, 0.3) is 0 Å². The van der Waals surface area contributed by atoms with Crippen LogP contribution >= 0.6 is 15.9 Å². The van der Waals surface area contributed by atoms with Gasteiger partial charge in [-0.1, -0.05) is 76.6 Å². The fraction of sp³-hybridized carbons (Fsp3) is 0.259. The van der Waals surface area contributed by atoms with Gasteiger partial charge in [-0.05, 0) is 48.2 Å². The topological polar surface area (TPSA) is 62.3 Å². The molecule has 3 aromatic rings. The Morgan fingerprint density at radius 2 is 1.29 bits per heavy atom. The molecule has 3 heterocycles. The summed E-state index contributed by atoms with van der Waals surface area (Å²) in [5, 5.41) is 2.90. The Kier molecular flexibility index (Phi) is 6.90. The Hall–Kier alpha value is -3.52. The molecule has 6 rings (SSSR count). The fourth-order valence-electron chi connectivity index (χ4n) is 4.64. The number of piperidine rings is 1. The Labute approximate surface area is 212 Å². The van der Waals surface area contributed by atoms with E-state index in [4.69, 9.17) is 9.47 Å². The lowest BCUT2D eigenvalue weighted by Crippen LogP contribution is -2.73. The van der Waals surface area contributed by atoms with Crippen LogP contribution in [-0.4, -0.2) is 41.0 Å². The van der Waals surface area contributed by atoms with Gasteiger partial charge in [-0.2, -0.15) is 5.01 Å². The van der Waals surface area contributed by atoms with Crippen molar-refractivity contribution in [3.05, 3.63) is 101 Å². The molecule has 0 N–H and O–H groups in total. The van der Waals surface area contributed by atoms with Crippen molar-refractivity contribution in [3.63, 3.8) is 0 Å². The van der Waals surface area contributed by atoms with E-state index in [0.717, 1.165) is 34.1 Å². The molecule has 3 aromatic carbocycles. The summed E-state index contributed by atoms with van der Waals surface area (Å²) < 4.78 is 12.3. The van der Waals surface area contributed by atoms with E-state index in [1.807, 2.05) is 84.9 Å². The third kappa shape index (κ3) is 5.12. The summed E-state index contributed by atoms with van der Waals surface area (Å²) in [7, 11) is 0. The predicted molar refractivity (Wildman–Crippen MR) is 135 cm³/mol. The lowest BCUT2D eigenvalue weighted by Gasteiger charge is -2.56. The van der Waals surface area contributed by atoms with Gasteiger partial charge in [0.15, 0.2) is 0 Å². The molecular formula is C27H26BrN3O4. The number of amides is 2. The number of nitrogens with zero attached hydrogens (tertiary/aromatic N) is 3. The summed E-state index contributed by atoms with van der Waals surface area (Å²) in [5.74, 6) is 0. The van der Waals surface area contributed by atoms with Gasteiger partial charge in [0.25, 0.3) is 0 Å². The van der Waals surface area contributed by atoms with Gasteiger partial charge in [-0.25, -0.2) is 14.6 Å². The van der Waals surface area contributed by atoms with Gasteiger partial charge in [0.1, 0.15) is 19.4 Å². The normalized spacial score (nSPS) is 18.9. The Bertz CT molecular complexity index is 1160. The molecule has 3 aliphatic rings. The molecule has 3 aliphatic heterocycles. The number of hydrogen-bond donors (Lipinski definition) is 0. The summed E-state index contributed by atoms with van der Waals surface area (Å²) >= 11 is 3.48. The number of hydrogen-bond acceptors (Lipinski definition) is 5. The lowest BCUT2D eigenvalue weighted by atomic mass is 9.98. The van der Waals surface area contributed by atoms with Crippen molar-refractivity contribution in [3.8, 4) is 0 Å². The van der Waals surface area contributed by atoms with E-state index in [2.05, 4.69) is 20.8 Å². The summed E-state index contributed by atoms with van der Waals surface area (Å²) in [5.41, 5.74) is 2.75. The van der Waals surface area contributed by atoms with Crippen LogP contribution < -0.4 is 4.90 Å². The fourth-order valence-corrected chi connectivity index (χ4v) is 4.90. The predicted octanol–water partition coefficient (Wildman–Crippen LogP) is 5.95. The van der Waals surface area contributed by atoms with E-state index < -0.39 is 12.2 Å². The molecule has 180 valence electrons. The first-order valence-corrected chi connectivity index (χ1v) is 12.4. The van der Waals surface area contributed by atoms with Gasteiger partial charge in [0, 0.05) is 16.7 Å². The summed E-state index contributed by atoms with van der Waals surface area (Å²) in [6.07, 6.45) is 0.0379. The largest absolute Gasteiger partial charge is 0.443 e. The first-order chi connectivity index (χ1) is 17.1. The Morgan fingerprint density at radius 3 is 1.86 bits per heavy atom. The van der Waals surface area contributed by atoms with Crippen molar-refractivity contribution in [1.82, 2.24) is 10.0 Å². The Morgan fingerprint density at radius 1 is 0.743 bits per heavy atom. The highest BCUT2D eigenvalue weighted by atomic mass is 79.9. The zero-order valence-electron chi connectivity index (χ0n) is 19.1. The number of halogens is 1. The zero-order chi connectivity index (χ0) is 24.2. The van der Waals surface area contributed by atoms with Crippen LogP contribution in [0.3, 0.4) is 0 Å². The molecule has 0 saturated carbocycles. The maximum atomic E-state index is 13.4. The van der Waals surface area contributed by atoms with Gasteiger partial charge in [-0.3, -0.25) is 0 Å². The van der Waals surface area contributed by atoms with Crippen LogP contribution in [-0.2, 0) is 22.7 Å². The quantitative estimate of drug-likeness (QED) is 0.404. The number of anilines is 1. The minimum Gasteiger partial charge on any atom is -0.443 e. The first-order valence-electron chi connectivity index (χ1n) is 11.6. The van der Waals surface area contributed by atoms with Gasteiger partial charge < -0.3 is 14.4 Å². The van der Waals surface area contributed by atoms with Crippen molar-refractivity contribution < 1.29 is 19.1 Å². The molecule has 0 spiro atoms. The number of ether oxygens (including phenoxy) is 2. The Balaban J connectivity index is 1.38. The van der Waals surface area contributed by atoms with Gasteiger partial charge in [0.2, 0.25) is 0 Å². The minimum atomic E-state index is -0.568. The third-order valence-electron chi connectivity index (χ3n) is 6.33. The molecule has 0 radical (unpaired) electrons. The van der Waals surface area contributed by atoms with Crippen LogP contribution in [0, 0.1) is 0 Å². The highest BCUT2D eigenvalue weighted by Gasteiger charge is 2.50. The van der Waals surface area contributed by atoms with E-state index in [-0.39, 0.29) is 25.4 Å². The molecule has 35 heavy (non-hydrogen) atoms. The minimum absolute atomic E-state index is 0.124. The number of carbonyl (C=O) groups is 2. The average Bonchev–Trinajstić information content (AvgIpc) is 2.91. The van der Waals surface area contributed by atoms with E-state index >= 15 is 0 Å². The van der Waals surface area contributed by atoms with Crippen LogP contribution in [0.2, 0.25) is 0 Å². The number of benzene rings is 3. The van der Waals surface area contributed by atoms with Crippen molar-refractivity contribution in [2.24, 2.45) is 0 Å². The average molecular weight is 536 g/mol. The molecule has 3 saturated heterocycles. The SMILES string of the molecule is O=C(OCc1ccccc1)N1C2CCC(N(c3ccc(Br)cc3)C2)N1C(=O)OCc1ccccc1. The van der Waals surface area contributed by atoms with E-state index in [1.165, 1.54) is 10.0 Å². The van der Waals surface area contributed by atoms with Crippen LogP contribution in [0.4, 0.5) is 15.3 Å². The number of fused-ring (bicyclic) bond motifs is 3. The maximum absolute atomic E-state index is 13.4.